The summed E-state index contributed by atoms with van der Waals surface area (Å²) in [5.74, 6) is 0.543. The van der Waals surface area contributed by atoms with Crippen LogP contribution in [0.2, 0.25) is 6.04 Å². The van der Waals surface area contributed by atoms with Crippen molar-refractivity contribution in [1.82, 2.24) is 0 Å². The molecular weight excluding hydrogens is 494 g/mol. The van der Waals surface area contributed by atoms with Crippen LogP contribution < -0.4 is 5.73 Å². The lowest BCUT2D eigenvalue weighted by molar-refractivity contribution is -0.252. The first-order valence-electron chi connectivity index (χ1n) is 14.8. The summed E-state index contributed by atoms with van der Waals surface area (Å²) in [4.78, 5) is 0. The maximum absolute atomic E-state index is 8.90. The number of aliphatic hydroxyl groups excluding tert-OH is 2. The number of unbranched alkanes of at least 4 members (excludes halogenated alkanes) is 13. The molecule has 0 spiro atoms. The number of hydrogen-bond donors (Lipinski definition) is 3. The van der Waals surface area contributed by atoms with Gasteiger partial charge in [-0.25, -0.2) is 0 Å². The van der Waals surface area contributed by atoms with Crippen molar-refractivity contribution in [3.63, 3.8) is 0 Å². The molecule has 0 saturated carbocycles. The van der Waals surface area contributed by atoms with Crippen LogP contribution in [0.3, 0.4) is 0 Å². The summed E-state index contributed by atoms with van der Waals surface area (Å²) in [6.07, 6.45) is 23.0. The quantitative estimate of drug-likeness (QED) is 0.0601. The number of ether oxygens (including phenoxy) is 2. The largest absolute Gasteiger partial charge is 0.394 e. The molecule has 0 aliphatic rings. The predicted octanol–water partition coefficient (Wildman–Crippen LogP) is 6.23. The molecule has 1 unspecified atom stereocenters. The van der Waals surface area contributed by atoms with Gasteiger partial charge < -0.3 is 29.8 Å². The fourth-order valence-electron chi connectivity index (χ4n) is 4.59. The third kappa shape index (κ3) is 25.9. The molecule has 0 heterocycles. The summed E-state index contributed by atoms with van der Waals surface area (Å²) in [6, 6.07) is 1.05. The zero-order valence-corrected chi connectivity index (χ0v) is 26.3. The Bertz CT molecular complexity index is 421. The van der Waals surface area contributed by atoms with Gasteiger partial charge >= 0.3 is 0 Å². The van der Waals surface area contributed by atoms with Crippen molar-refractivity contribution in [3.05, 3.63) is 0 Å². The molecule has 0 bridgehead atoms. The van der Waals surface area contributed by atoms with Crippen molar-refractivity contribution < 1.29 is 24.1 Å². The van der Waals surface area contributed by atoms with Crippen LogP contribution in [0, 0.1) is 5.92 Å². The summed E-state index contributed by atoms with van der Waals surface area (Å²) >= 11 is 0. The molecule has 0 saturated heterocycles. The molecule has 0 rings (SSSR count). The third-order valence-electron chi connectivity index (χ3n) is 6.85. The van der Waals surface area contributed by atoms with Crippen LogP contribution in [0.15, 0.2) is 0 Å². The van der Waals surface area contributed by atoms with Crippen molar-refractivity contribution in [2.24, 2.45) is 11.7 Å². The molecule has 0 aliphatic heterocycles. The van der Waals surface area contributed by atoms with Gasteiger partial charge in [0.2, 0.25) is 0 Å². The molecule has 4 N–H and O–H groups in total. The molecule has 220 valence electrons. The van der Waals surface area contributed by atoms with Crippen molar-refractivity contribution in [1.29, 1.82) is 0 Å². The van der Waals surface area contributed by atoms with E-state index < -0.39 is 16.2 Å². The fraction of sp³-hybridized carbons (Fsp3) is 1.00. The molecule has 0 fully saturated rings. The van der Waals surface area contributed by atoms with E-state index in [0.29, 0.717) is 5.92 Å². The molecule has 0 aliphatic carbocycles. The normalized spacial score (nSPS) is 13.1. The highest BCUT2D eigenvalue weighted by molar-refractivity contribution is 6.27. The van der Waals surface area contributed by atoms with E-state index in [4.69, 9.17) is 29.8 Å². The summed E-state index contributed by atoms with van der Waals surface area (Å²) in [6.45, 7) is 6.05. The Hall–Kier alpha value is 0.267. The Morgan fingerprint density at radius 2 is 1.11 bits per heavy atom. The Kier molecular flexibility index (Phi) is 30.2. The molecule has 6 nitrogen and oxygen atoms in total. The Morgan fingerprint density at radius 1 is 0.694 bits per heavy atom. The number of aliphatic hydroxyl groups is 2. The second-order valence-electron chi connectivity index (χ2n) is 10.7. The highest BCUT2D eigenvalue weighted by Crippen LogP contribution is 2.26. The van der Waals surface area contributed by atoms with E-state index in [0.717, 1.165) is 18.9 Å². The maximum atomic E-state index is 8.90. The van der Waals surface area contributed by atoms with Crippen LogP contribution in [0.25, 0.3) is 0 Å². The molecular formula is C28H62ClNO5Si. The van der Waals surface area contributed by atoms with Crippen LogP contribution in [-0.2, 0) is 13.9 Å². The van der Waals surface area contributed by atoms with Gasteiger partial charge in [-0.05, 0) is 38.7 Å². The minimum Gasteiger partial charge on any atom is -0.394 e. The highest BCUT2D eigenvalue weighted by atomic mass is 35.5. The van der Waals surface area contributed by atoms with Gasteiger partial charge in [-0.15, -0.1) is 12.4 Å². The lowest BCUT2D eigenvalue weighted by Gasteiger charge is -2.31. The van der Waals surface area contributed by atoms with Crippen LogP contribution in [-0.4, -0.2) is 58.4 Å². The van der Waals surface area contributed by atoms with Crippen molar-refractivity contribution in [2.75, 3.05) is 26.4 Å². The smallest absolute Gasteiger partial charge is 0.261 e. The van der Waals surface area contributed by atoms with Crippen molar-refractivity contribution >= 4 is 22.2 Å². The third-order valence-corrected chi connectivity index (χ3v) is 8.15. The van der Waals surface area contributed by atoms with Gasteiger partial charge in [-0.2, -0.15) is 0 Å². The highest BCUT2D eigenvalue weighted by Gasteiger charge is 2.24. The predicted molar refractivity (Wildman–Crippen MR) is 157 cm³/mol. The van der Waals surface area contributed by atoms with E-state index in [-0.39, 0.29) is 44.4 Å². The average molecular weight is 556 g/mol. The van der Waals surface area contributed by atoms with Crippen LogP contribution in [0.4, 0.5) is 0 Å². The van der Waals surface area contributed by atoms with Gasteiger partial charge in [-0.1, -0.05) is 103 Å². The van der Waals surface area contributed by atoms with Gasteiger partial charge in [-0.3, -0.25) is 0 Å². The summed E-state index contributed by atoms with van der Waals surface area (Å²) in [5, 5.41) is 17.8. The molecule has 0 aromatic rings. The van der Waals surface area contributed by atoms with Crippen LogP contribution in [0.1, 0.15) is 130 Å². The zero-order valence-electron chi connectivity index (χ0n) is 24.0. The number of rotatable bonds is 28. The number of nitrogens with two attached hydrogens (primary N) is 1. The Balaban J connectivity index is 0. The van der Waals surface area contributed by atoms with Crippen LogP contribution >= 0.6 is 12.4 Å². The molecule has 0 amide bonds. The molecule has 0 radical (unpaired) electrons. The van der Waals surface area contributed by atoms with Crippen LogP contribution in [0.5, 0.6) is 0 Å². The van der Waals surface area contributed by atoms with Gasteiger partial charge in [0.15, 0.2) is 9.76 Å². The van der Waals surface area contributed by atoms with E-state index in [1.54, 1.807) is 0 Å². The lowest BCUT2D eigenvalue weighted by Crippen LogP contribution is -2.41. The second-order valence-corrected chi connectivity index (χ2v) is 12.2. The first kappa shape index (κ1) is 38.4. The zero-order chi connectivity index (χ0) is 26.0. The molecule has 8 heteroatoms. The lowest BCUT2D eigenvalue weighted by atomic mass is 9.81. The summed E-state index contributed by atoms with van der Waals surface area (Å²) in [5.41, 5.74) is 6.36. The van der Waals surface area contributed by atoms with E-state index in [1.807, 2.05) is 0 Å². The summed E-state index contributed by atoms with van der Waals surface area (Å²) < 4.78 is 16.4. The second kappa shape index (κ2) is 28.3. The average Bonchev–Trinajstić information content (AvgIpc) is 2.83. The fourth-order valence-corrected chi connectivity index (χ4v) is 5.63. The number of halogens is 1. The Morgan fingerprint density at radius 3 is 1.53 bits per heavy atom. The summed E-state index contributed by atoms with van der Waals surface area (Å²) in [7, 11) is -0.780. The van der Waals surface area contributed by atoms with Crippen molar-refractivity contribution in [3.8, 4) is 0 Å². The number of hydrogen-bond acceptors (Lipinski definition) is 6. The van der Waals surface area contributed by atoms with Gasteiger partial charge in [0.1, 0.15) is 0 Å². The molecule has 1 atom stereocenters. The maximum Gasteiger partial charge on any atom is 0.261 e. The van der Waals surface area contributed by atoms with E-state index >= 15 is 0 Å². The van der Waals surface area contributed by atoms with Gasteiger partial charge in [0.25, 0.3) is 6.48 Å². The van der Waals surface area contributed by atoms with Gasteiger partial charge in [0.05, 0.1) is 26.4 Å². The first-order valence-corrected chi connectivity index (χ1v) is 16.4. The molecule has 0 aromatic carbocycles. The first-order chi connectivity index (χ1) is 17.0. The van der Waals surface area contributed by atoms with E-state index in [9.17, 15) is 0 Å². The molecule has 36 heavy (non-hydrogen) atoms. The monoisotopic (exact) mass is 555 g/mol. The topological polar surface area (TPSA) is 94.2 Å². The minimum absolute atomic E-state index is 0. The SMILES string of the molecule is CCCCCCCCCCCCCCCCC(CCC[SiH2]OC(OCCO)OCCO)C(C)(C)N.Cl. The van der Waals surface area contributed by atoms with E-state index in [2.05, 4.69) is 20.8 Å². The van der Waals surface area contributed by atoms with Crippen molar-refractivity contribution in [2.45, 2.75) is 148 Å². The van der Waals surface area contributed by atoms with E-state index in [1.165, 1.54) is 96.3 Å². The minimum atomic E-state index is -0.780. The Labute approximate surface area is 232 Å². The standard InChI is InChI=1S/C28H61NO5Si.ClH/c1-4-5-6-7-8-9-10-11-12-13-14-15-16-17-19-26(28(2,3)29)20-18-25-35-34-27(32-23-21-30)33-24-22-31;/h26-27,30-31H,4-25,29,35H2,1-3H3;1H. The van der Waals surface area contributed by atoms with Gasteiger partial charge in [0, 0.05) is 5.54 Å². The molecule has 0 aromatic heterocycles.